The predicted octanol–water partition coefficient (Wildman–Crippen LogP) is 4.47. The summed E-state index contributed by atoms with van der Waals surface area (Å²) in [6.07, 6.45) is 1.05. The Kier molecular flexibility index (Phi) is 5.85. The van der Waals surface area contributed by atoms with Gasteiger partial charge < -0.3 is 15.0 Å². The minimum atomic E-state index is -0.506. The number of rotatable bonds is 6. The van der Waals surface area contributed by atoms with E-state index in [1.54, 1.807) is 0 Å². The minimum absolute atomic E-state index is 0.101. The highest BCUT2D eigenvalue weighted by atomic mass is 32.1. The Hall–Kier alpha value is -3.26. The number of hydrogen-bond donors (Lipinski definition) is 1. The van der Waals surface area contributed by atoms with Crippen LogP contribution in [0.1, 0.15) is 37.8 Å². The molecule has 2 aromatic carbocycles. The van der Waals surface area contributed by atoms with Crippen molar-refractivity contribution in [1.29, 1.82) is 0 Å². The van der Waals surface area contributed by atoms with Gasteiger partial charge in [0.1, 0.15) is 17.3 Å². The summed E-state index contributed by atoms with van der Waals surface area (Å²) in [4.78, 5) is 33.8. The first-order valence-corrected chi connectivity index (χ1v) is 12.1. The number of thiazole rings is 1. The molecule has 0 radical (unpaired) electrons. The molecule has 0 bridgehead atoms. The van der Waals surface area contributed by atoms with Crippen molar-refractivity contribution in [2.75, 3.05) is 20.2 Å². The Morgan fingerprint density at radius 2 is 2.06 bits per heavy atom. The Bertz CT molecular complexity index is 1270. The zero-order valence-corrected chi connectivity index (χ0v) is 20.1. The molecule has 1 saturated heterocycles. The number of likely N-dealkylation sites (tertiary alicyclic amines) is 1. The van der Waals surface area contributed by atoms with Crippen LogP contribution in [0, 0.1) is 31.5 Å². The zero-order valence-electron chi connectivity index (χ0n) is 19.3. The summed E-state index contributed by atoms with van der Waals surface area (Å²) in [7, 11) is 1.44. The van der Waals surface area contributed by atoms with Crippen LogP contribution >= 0.6 is 11.3 Å². The van der Waals surface area contributed by atoms with E-state index in [9.17, 15) is 14.0 Å². The van der Waals surface area contributed by atoms with E-state index in [2.05, 4.69) is 16.4 Å². The van der Waals surface area contributed by atoms with E-state index >= 15 is 0 Å². The number of nitrogens with one attached hydrogen (secondary N) is 1. The van der Waals surface area contributed by atoms with Gasteiger partial charge in [0.2, 0.25) is 0 Å². The lowest BCUT2D eigenvalue weighted by Crippen LogP contribution is -2.45. The van der Waals surface area contributed by atoms with Crippen LogP contribution in [0.2, 0.25) is 0 Å². The van der Waals surface area contributed by atoms with Crippen LogP contribution < -0.4 is 10.1 Å². The van der Waals surface area contributed by atoms with Gasteiger partial charge in [-0.2, -0.15) is 0 Å². The smallest absolute Gasteiger partial charge is 0.274 e. The molecule has 2 fully saturated rings. The Balaban J connectivity index is 1.36. The number of hydrogen-bond acceptors (Lipinski definition) is 5. The molecule has 1 aliphatic heterocycles. The van der Waals surface area contributed by atoms with Gasteiger partial charge in [-0.3, -0.25) is 9.59 Å². The summed E-state index contributed by atoms with van der Waals surface area (Å²) in [5.74, 6) is 0.0997. The normalized spacial score (nSPS) is 20.7. The van der Waals surface area contributed by atoms with E-state index in [0.717, 1.165) is 33.5 Å². The zero-order chi connectivity index (χ0) is 24.0. The highest BCUT2D eigenvalue weighted by molar-refractivity contribution is 7.15. The molecular formula is C26H26FN3O3S. The molecule has 6 nitrogen and oxygen atoms in total. The van der Waals surface area contributed by atoms with Crippen molar-refractivity contribution in [2.24, 2.45) is 11.8 Å². The quantitative estimate of drug-likeness (QED) is 0.567. The number of carbonyl (C=O) groups excluding carboxylic acids is 2. The van der Waals surface area contributed by atoms with Crippen molar-refractivity contribution in [3.8, 4) is 16.2 Å². The molecule has 0 unspecified atom stereocenters. The average Bonchev–Trinajstić information content (AvgIpc) is 3.33. The molecule has 1 N–H and O–H groups in total. The second-order valence-corrected chi connectivity index (χ2v) is 10.2. The number of piperidine rings is 1. The second kappa shape index (κ2) is 8.83. The molecular weight excluding hydrogens is 453 g/mol. The molecule has 3 atom stereocenters. The van der Waals surface area contributed by atoms with Crippen LogP contribution in [-0.2, 0) is 0 Å². The first-order valence-electron chi connectivity index (χ1n) is 11.3. The van der Waals surface area contributed by atoms with E-state index in [0.29, 0.717) is 36.4 Å². The summed E-state index contributed by atoms with van der Waals surface area (Å²) in [5, 5.41) is 3.74. The summed E-state index contributed by atoms with van der Waals surface area (Å²) in [6, 6.07) is 11.8. The Morgan fingerprint density at radius 3 is 2.82 bits per heavy atom. The number of aryl methyl sites for hydroxylation is 2. The molecule has 5 rings (SSSR count). The van der Waals surface area contributed by atoms with Crippen molar-refractivity contribution in [3.05, 3.63) is 70.1 Å². The van der Waals surface area contributed by atoms with Crippen LogP contribution in [0.5, 0.6) is 5.75 Å². The molecule has 1 aliphatic carbocycles. The number of ether oxygens (including phenoxy) is 1. The largest absolute Gasteiger partial charge is 0.496 e. The summed E-state index contributed by atoms with van der Waals surface area (Å²) >= 11 is 1.52. The fraction of sp³-hybridized carbons (Fsp3) is 0.346. The van der Waals surface area contributed by atoms with E-state index in [4.69, 9.17) is 4.74 Å². The lowest BCUT2D eigenvalue weighted by Gasteiger charge is -2.27. The SMILES string of the molecule is COc1ccc(F)cc1C(=O)NC[C@@H]1[C@@H]2C[C@@H]2CN1C(=O)c1nc(C)sc1-c1cccc(C)c1. The molecule has 1 aromatic heterocycles. The highest BCUT2D eigenvalue weighted by Crippen LogP contribution is 2.50. The summed E-state index contributed by atoms with van der Waals surface area (Å²) in [6.45, 7) is 4.90. The third-order valence-electron chi connectivity index (χ3n) is 6.66. The number of carbonyl (C=O) groups is 2. The first-order chi connectivity index (χ1) is 16.4. The Labute approximate surface area is 201 Å². The highest BCUT2D eigenvalue weighted by Gasteiger charge is 2.54. The van der Waals surface area contributed by atoms with Crippen LogP contribution in [0.3, 0.4) is 0 Å². The molecule has 2 amide bonds. The monoisotopic (exact) mass is 479 g/mol. The van der Waals surface area contributed by atoms with Crippen LogP contribution in [0.15, 0.2) is 42.5 Å². The van der Waals surface area contributed by atoms with Crippen molar-refractivity contribution < 1.29 is 18.7 Å². The molecule has 0 spiro atoms. The van der Waals surface area contributed by atoms with E-state index in [1.165, 1.54) is 30.6 Å². The van der Waals surface area contributed by atoms with Crippen LogP contribution in [-0.4, -0.2) is 47.9 Å². The maximum absolute atomic E-state index is 13.7. The van der Waals surface area contributed by atoms with Crippen molar-refractivity contribution in [1.82, 2.24) is 15.2 Å². The number of benzene rings is 2. The van der Waals surface area contributed by atoms with E-state index in [-0.39, 0.29) is 17.5 Å². The van der Waals surface area contributed by atoms with Crippen LogP contribution in [0.25, 0.3) is 10.4 Å². The molecule has 3 aromatic rings. The number of methoxy groups -OCH3 is 1. The van der Waals surface area contributed by atoms with Gasteiger partial charge in [-0.1, -0.05) is 29.8 Å². The van der Waals surface area contributed by atoms with Gasteiger partial charge in [-0.05, 0) is 55.9 Å². The Morgan fingerprint density at radius 1 is 1.24 bits per heavy atom. The van der Waals surface area contributed by atoms with Gasteiger partial charge in [0.25, 0.3) is 11.8 Å². The van der Waals surface area contributed by atoms with Crippen LogP contribution in [0.4, 0.5) is 4.39 Å². The number of halogens is 1. The molecule has 34 heavy (non-hydrogen) atoms. The molecule has 176 valence electrons. The van der Waals surface area contributed by atoms with E-state index in [1.807, 2.05) is 36.9 Å². The number of nitrogens with zero attached hydrogens (tertiary/aromatic N) is 2. The lowest BCUT2D eigenvalue weighted by atomic mass is 10.1. The fourth-order valence-electron chi connectivity index (χ4n) is 4.91. The van der Waals surface area contributed by atoms with Crippen molar-refractivity contribution in [2.45, 2.75) is 26.3 Å². The second-order valence-electron chi connectivity index (χ2n) is 9.02. The first kappa shape index (κ1) is 22.5. The molecule has 1 saturated carbocycles. The average molecular weight is 480 g/mol. The topological polar surface area (TPSA) is 71.5 Å². The maximum Gasteiger partial charge on any atom is 0.274 e. The van der Waals surface area contributed by atoms with Gasteiger partial charge in [0.15, 0.2) is 0 Å². The number of fused-ring (bicyclic) bond motifs is 1. The van der Waals surface area contributed by atoms with Gasteiger partial charge in [-0.15, -0.1) is 11.3 Å². The van der Waals surface area contributed by atoms with Gasteiger partial charge in [0, 0.05) is 13.1 Å². The lowest BCUT2D eigenvalue weighted by molar-refractivity contribution is 0.0690. The number of aromatic nitrogens is 1. The minimum Gasteiger partial charge on any atom is -0.496 e. The van der Waals surface area contributed by atoms with Crippen molar-refractivity contribution >= 4 is 23.2 Å². The predicted molar refractivity (Wildman–Crippen MR) is 129 cm³/mol. The third kappa shape index (κ3) is 4.18. The van der Waals surface area contributed by atoms with E-state index < -0.39 is 11.7 Å². The summed E-state index contributed by atoms with van der Waals surface area (Å²) in [5.41, 5.74) is 2.72. The van der Waals surface area contributed by atoms with Gasteiger partial charge >= 0.3 is 0 Å². The molecule has 2 heterocycles. The number of amides is 2. The van der Waals surface area contributed by atoms with Crippen molar-refractivity contribution in [3.63, 3.8) is 0 Å². The maximum atomic E-state index is 13.7. The molecule has 8 heteroatoms. The molecule has 2 aliphatic rings. The fourth-order valence-corrected chi connectivity index (χ4v) is 5.81. The summed E-state index contributed by atoms with van der Waals surface area (Å²) < 4.78 is 18.9. The standard InChI is InChI=1S/C26H26FN3O3S/c1-14-5-4-6-16(9-14)24-23(29-15(2)34-24)26(32)30-13-17-10-19(17)21(30)12-28-25(31)20-11-18(27)7-8-22(20)33-3/h4-9,11,17,19,21H,10,12-13H2,1-3H3,(H,28,31)/t17-,19-,21-/m1/s1. The van der Waals surface area contributed by atoms with Gasteiger partial charge in [-0.25, -0.2) is 9.37 Å². The van der Waals surface area contributed by atoms with Gasteiger partial charge in [0.05, 0.1) is 28.6 Å². The third-order valence-corrected chi connectivity index (χ3v) is 7.68.